The van der Waals surface area contributed by atoms with E-state index in [9.17, 15) is 8.42 Å². The molecule has 0 unspecified atom stereocenters. The number of hydrogen-bond acceptors (Lipinski definition) is 5. The van der Waals surface area contributed by atoms with E-state index in [1.165, 1.54) is 12.4 Å². The van der Waals surface area contributed by atoms with Gasteiger partial charge in [0.15, 0.2) is 11.0 Å². The maximum absolute atomic E-state index is 12.1. The lowest BCUT2D eigenvalue weighted by Gasteiger charge is -2.07. The Balaban J connectivity index is 2.05. The van der Waals surface area contributed by atoms with E-state index >= 15 is 0 Å². The van der Waals surface area contributed by atoms with E-state index in [0.29, 0.717) is 11.0 Å². The number of nitrogens with one attached hydrogen (secondary N) is 2. The Kier molecular flexibility index (Phi) is 3.03. The number of benzene rings is 1. The Labute approximate surface area is 119 Å². The van der Waals surface area contributed by atoms with Crippen LogP contribution in [0.4, 0.5) is 5.82 Å². The molecule has 20 heavy (non-hydrogen) atoms. The van der Waals surface area contributed by atoms with Crippen LogP contribution in [0.3, 0.4) is 0 Å². The molecule has 0 aliphatic carbocycles. The molecule has 2 aromatic heterocycles. The standard InChI is InChI=1S/C11H8ClN5O2S/c12-10-11(16-9-4-2-1-3-8(9)15-10)17-20(18,19)7-5-13-14-6-7/h1-6H,(H,13,14)(H,16,17). The lowest BCUT2D eigenvalue weighted by atomic mass is 10.3. The monoisotopic (exact) mass is 309 g/mol. The van der Waals surface area contributed by atoms with Crippen LogP contribution in [0.15, 0.2) is 41.6 Å². The first-order valence-corrected chi connectivity index (χ1v) is 7.36. The van der Waals surface area contributed by atoms with Crippen molar-refractivity contribution >= 4 is 38.5 Å². The fourth-order valence-corrected chi connectivity index (χ4v) is 2.77. The Hall–Kier alpha value is -2.19. The average molecular weight is 310 g/mol. The summed E-state index contributed by atoms with van der Waals surface area (Å²) in [6.07, 6.45) is 2.44. The molecule has 2 heterocycles. The fraction of sp³-hybridized carbons (Fsp3) is 0. The van der Waals surface area contributed by atoms with Crippen molar-refractivity contribution in [2.24, 2.45) is 0 Å². The molecule has 0 saturated carbocycles. The molecular formula is C11H8ClN5O2S. The molecule has 0 aliphatic rings. The van der Waals surface area contributed by atoms with Crippen molar-refractivity contribution in [1.82, 2.24) is 20.2 Å². The van der Waals surface area contributed by atoms with Gasteiger partial charge in [0.1, 0.15) is 4.90 Å². The van der Waals surface area contributed by atoms with Gasteiger partial charge in [-0.05, 0) is 12.1 Å². The van der Waals surface area contributed by atoms with Crippen molar-refractivity contribution in [3.05, 3.63) is 41.8 Å². The van der Waals surface area contributed by atoms with Crippen molar-refractivity contribution in [1.29, 1.82) is 0 Å². The van der Waals surface area contributed by atoms with E-state index < -0.39 is 10.0 Å². The second kappa shape index (κ2) is 4.73. The number of aromatic nitrogens is 4. The van der Waals surface area contributed by atoms with Crippen LogP contribution in [-0.2, 0) is 10.0 Å². The molecule has 0 bridgehead atoms. The number of halogens is 1. The van der Waals surface area contributed by atoms with Gasteiger partial charge in [-0.3, -0.25) is 9.82 Å². The predicted octanol–water partition coefficient (Wildman–Crippen LogP) is 1.81. The zero-order chi connectivity index (χ0) is 14.2. The Morgan fingerprint density at radius 1 is 1.15 bits per heavy atom. The highest BCUT2D eigenvalue weighted by Crippen LogP contribution is 2.23. The van der Waals surface area contributed by atoms with Crippen LogP contribution in [-0.4, -0.2) is 28.6 Å². The van der Waals surface area contributed by atoms with E-state index in [4.69, 9.17) is 11.6 Å². The van der Waals surface area contributed by atoms with Crippen molar-refractivity contribution < 1.29 is 8.42 Å². The molecule has 0 fully saturated rings. The van der Waals surface area contributed by atoms with Crippen LogP contribution in [0, 0.1) is 0 Å². The molecule has 9 heteroatoms. The highest BCUT2D eigenvalue weighted by Gasteiger charge is 2.18. The van der Waals surface area contributed by atoms with Crippen LogP contribution in [0.1, 0.15) is 0 Å². The minimum absolute atomic E-state index is 0.0106. The average Bonchev–Trinajstić information content (AvgIpc) is 2.94. The molecule has 0 atom stereocenters. The van der Waals surface area contributed by atoms with Crippen molar-refractivity contribution in [2.45, 2.75) is 4.90 Å². The summed E-state index contributed by atoms with van der Waals surface area (Å²) in [4.78, 5) is 8.24. The van der Waals surface area contributed by atoms with Crippen molar-refractivity contribution in [2.75, 3.05) is 4.72 Å². The molecule has 7 nitrogen and oxygen atoms in total. The van der Waals surface area contributed by atoms with E-state index in [0.717, 1.165) is 0 Å². The van der Waals surface area contributed by atoms with Gasteiger partial charge in [0, 0.05) is 6.20 Å². The highest BCUT2D eigenvalue weighted by molar-refractivity contribution is 7.92. The van der Waals surface area contributed by atoms with Gasteiger partial charge in [-0.2, -0.15) is 5.10 Å². The topological polar surface area (TPSA) is 101 Å². The Bertz CT molecular complexity index is 864. The van der Waals surface area contributed by atoms with Gasteiger partial charge in [-0.1, -0.05) is 23.7 Å². The third-order valence-corrected chi connectivity index (χ3v) is 4.11. The summed E-state index contributed by atoms with van der Waals surface area (Å²) in [6, 6.07) is 7.03. The quantitative estimate of drug-likeness (QED) is 0.768. The molecule has 0 saturated heterocycles. The first-order valence-electron chi connectivity index (χ1n) is 5.50. The van der Waals surface area contributed by atoms with Crippen LogP contribution >= 0.6 is 11.6 Å². The number of sulfonamides is 1. The van der Waals surface area contributed by atoms with Gasteiger partial charge in [-0.15, -0.1) is 0 Å². The number of rotatable bonds is 3. The largest absolute Gasteiger partial charge is 0.284 e. The fourth-order valence-electron chi connectivity index (χ4n) is 1.62. The third kappa shape index (κ3) is 2.30. The smallest absolute Gasteiger partial charge is 0.266 e. The van der Waals surface area contributed by atoms with Gasteiger partial charge in [-0.25, -0.2) is 18.4 Å². The molecule has 0 spiro atoms. The molecule has 0 aliphatic heterocycles. The highest BCUT2D eigenvalue weighted by atomic mass is 35.5. The summed E-state index contributed by atoms with van der Waals surface area (Å²) in [5.41, 5.74) is 1.13. The van der Waals surface area contributed by atoms with Crippen LogP contribution in [0.5, 0.6) is 0 Å². The SMILES string of the molecule is O=S(=O)(Nc1nc2ccccc2nc1Cl)c1cn[nH]c1. The minimum Gasteiger partial charge on any atom is -0.284 e. The molecule has 102 valence electrons. The van der Waals surface area contributed by atoms with Crippen LogP contribution in [0.25, 0.3) is 11.0 Å². The molecule has 3 aromatic rings. The van der Waals surface area contributed by atoms with Crippen LogP contribution < -0.4 is 4.72 Å². The van der Waals surface area contributed by atoms with E-state index in [-0.39, 0.29) is 15.9 Å². The van der Waals surface area contributed by atoms with Gasteiger partial charge in [0.25, 0.3) is 10.0 Å². The Morgan fingerprint density at radius 3 is 2.50 bits per heavy atom. The number of nitrogens with zero attached hydrogens (tertiary/aromatic N) is 3. The van der Waals surface area contributed by atoms with E-state index in [1.54, 1.807) is 24.3 Å². The van der Waals surface area contributed by atoms with Crippen molar-refractivity contribution in [3.63, 3.8) is 0 Å². The summed E-state index contributed by atoms with van der Waals surface area (Å²) < 4.78 is 26.4. The maximum atomic E-state index is 12.1. The second-order valence-corrected chi connectivity index (χ2v) is 5.93. The summed E-state index contributed by atoms with van der Waals surface area (Å²) in [5, 5.41) is 6.00. The molecule has 1 aromatic carbocycles. The lowest BCUT2D eigenvalue weighted by molar-refractivity contribution is 0.601. The van der Waals surface area contributed by atoms with Crippen LogP contribution in [0.2, 0.25) is 5.15 Å². The van der Waals surface area contributed by atoms with Crippen molar-refractivity contribution in [3.8, 4) is 0 Å². The number of para-hydroxylation sites is 2. The summed E-state index contributed by atoms with van der Waals surface area (Å²) in [5.74, 6) is -0.0217. The second-order valence-electron chi connectivity index (χ2n) is 3.89. The number of anilines is 1. The molecular weight excluding hydrogens is 302 g/mol. The van der Waals surface area contributed by atoms with Gasteiger partial charge >= 0.3 is 0 Å². The molecule has 3 rings (SSSR count). The molecule has 2 N–H and O–H groups in total. The van der Waals surface area contributed by atoms with E-state index in [2.05, 4.69) is 24.9 Å². The molecule has 0 radical (unpaired) electrons. The first kappa shape index (κ1) is 12.8. The Morgan fingerprint density at radius 2 is 1.85 bits per heavy atom. The zero-order valence-electron chi connectivity index (χ0n) is 9.91. The number of aromatic amines is 1. The summed E-state index contributed by atoms with van der Waals surface area (Å²) in [7, 11) is -3.79. The lowest BCUT2D eigenvalue weighted by Crippen LogP contribution is -2.14. The maximum Gasteiger partial charge on any atom is 0.266 e. The number of hydrogen-bond donors (Lipinski definition) is 2. The predicted molar refractivity (Wildman–Crippen MR) is 73.9 cm³/mol. The minimum atomic E-state index is -3.79. The van der Waals surface area contributed by atoms with Gasteiger partial charge in [0.2, 0.25) is 0 Å². The zero-order valence-corrected chi connectivity index (χ0v) is 11.5. The normalized spacial score (nSPS) is 11.7. The summed E-state index contributed by atoms with van der Waals surface area (Å²) >= 11 is 5.95. The third-order valence-electron chi connectivity index (χ3n) is 2.54. The van der Waals surface area contributed by atoms with E-state index in [1.807, 2.05) is 0 Å². The molecule has 0 amide bonds. The number of fused-ring (bicyclic) bond motifs is 1. The summed E-state index contributed by atoms with van der Waals surface area (Å²) in [6.45, 7) is 0. The van der Waals surface area contributed by atoms with Gasteiger partial charge in [0.05, 0.1) is 17.2 Å². The first-order chi connectivity index (χ1) is 9.56. The van der Waals surface area contributed by atoms with Gasteiger partial charge < -0.3 is 0 Å². The number of H-pyrrole nitrogens is 1.